The number of amides is 1. The van der Waals surface area contributed by atoms with Crippen LogP contribution >= 0.6 is 23.2 Å². The van der Waals surface area contributed by atoms with E-state index in [2.05, 4.69) is 5.32 Å². The van der Waals surface area contributed by atoms with Gasteiger partial charge in [0.25, 0.3) is 5.91 Å². The number of aryl methyl sites for hydroxylation is 1. The predicted molar refractivity (Wildman–Crippen MR) is 146 cm³/mol. The fraction of sp³-hybridized carbons (Fsp3) is 0.286. The lowest BCUT2D eigenvalue weighted by molar-refractivity contribution is -0.142. The van der Waals surface area contributed by atoms with Gasteiger partial charge in [0, 0.05) is 13.1 Å². The van der Waals surface area contributed by atoms with Gasteiger partial charge < -0.3 is 24.8 Å². The summed E-state index contributed by atoms with van der Waals surface area (Å²) in [6, 6.07) is 12.7. The van der Waals surface area contributed by atoms with Crippen molar-refractivity contribution in [2.75, 3.05) is 30.4 Å². The van der Waals surface area contributed by atoms with Crippen molar-refractivity contribution < 1.29 is 28.6 Å². The fourth-order valence-corrected chi connectivity index (χ4v) is 4.46. The number of carbonyl (C=O) groups excluding carboxylic acids is 1. The summed E-state index contributed by atoms with van der Waals surface area (Å²) in [7, 11) is 1.94. The summed E-state index contributed by atoms with van der Waals surface area (Å²) < 4.78 is 26.6. The zero-order valence-corrected chi connectivity index (χ0v) is 22.8. The van der Waals surface area contributed by atoms with E-state index >= 15 is 0 Å². The fourth-order valence-electron chi connectivity index (χ4n) is 4.06. The van der Waals surface area contributed by atoms with Crippen LogP contribution in [0.3, 0.4) is 0 Å². The monoisotopic (exact) mass is 560 g/mol. The number of carbonyl (C=O) groups is 2. The van der Waals surface area contributed by atoms with E-state index < -0.39 is 23.1 Å². The molecule has 0 aliphatic carbocycles. The molecule has 10 heteroatoms. The van der Waals surface area contributed by atoms with E-state index in [1.807, 2.05) is 37.1 Å². The lowest BCUT2D eigenvalue weighted by Gasteiger charge is -2.33. The molecule has 0 saturated carbocycles. The Kier molecular flexibility index (Phi) is 7.76. The third kappa shape index (κ3) is 5.66. The molecule has 3 aromatic rings. The van der Waals surface area contributed by atoms with Crippen LogP contribution < -0.4 is 19.7 Å². The number of carboxylic acid groups (broad SMARTS) is 1. The van der Waals surface area contributed by atoms with Crippen LogP contribution in [-0.2, 0) is 10.2 Å². The lowest BCUT2D eigenvalue weighted by atomic mass is 9.84. The number of aliphatic carboxylic acids is 1. The molecular weight excluding hydrogens is 534 g/mol. The van der Waals surface area contributed by atoms with Gasteiger partial charge in [-0.3, -0.25) is 9.59 Å². The van der Waals surface area contributed by atoms with Crippen LogP contribution in [0.15, 0.2) is 48.5 Å². The van der Waals surface area contributed by atoms with E-state index in [9.17, 15) is 19.1 Å². The van der Waals surface area contributed by atoms with E-state index in [0.29, 0.717) is 12.1 Å². The molecule has 1 heterocycles. The second-order valence-corrected chi connectivity index (χ2v) is 10.6. The molecule has 38 heavy (non-hydrogen) atoms. The summed E-state index contributed by atoms with van der Waals surface area (Å²) in [5.74, 6) is -1.91. The molecular formula is C28H27Cl2FN2O5. The first-order valence-corrected chi connectivity index (χ1v) is 12.6. The van der Waals surface area contributed by atoms with Crippen LogP contribution in [0.2, 0.25) is 10.0 Å². The maximum absolute atomic E-state index is 14.9. The minimum atomic E-state index is -1.22. The van der Waals surface area contributed by atoms with Gasteiger partial charge in [-0.1, -0.05) is 35.3 Å². The largest absolute Gasteiger partial charge is 0.487 e. The quantitative estimate of drug-likeness (QED) is 0.351. The molecule has 0 aromatic heterocycles. The Morgan fingerprint density at radius 2 is 1.89 bits per heavy atom. The Hall–Kier alpha value is -3.49. The number of likely N-dealkylation sites (N-methyl/N-ethyl adjacent to an activating group) is 1. The minimum Gasteiger partial charge on any atom is -0.487 e. The molecule has 0 spiro atoms. The molecule has 0 bridgehead atoms. The van der Waals surface area contributed by atoms with Crippen molar-refractivity contribution in [1.82, 2.24) is 0 Å². The van der Waals surface area contributed by atoms with Gasteiger partial charge >= 0.3 is 5.97 Å². The maximum Gasteiger partial charge on any atom is 0.313 e. The van der Waals surface area contributed by atoms with Crippen LogP contribution in [0.1, 0.15) is 35.3 Å². The summed E-state index contributed by atoms with van der Waals surface area (Å²) in [4.78, 5) is 26.6. The average Bonchev–Trinajstić information content (AvgIpc) is 2.85. The average molecular weight is 561 g/mol. The highest BCUT2D eigenvalue weighted by atomic mass is 35.5. The zero-order chi connectivity index (χ0) is 27.8. The molecule has 0 saturated heterocycles. The SMILES string of the molecule is Cc1ccc2c(c1)O[C@H](COc1cc(Cl)c(C(=O)Nc3cc(C(C)(C)C(=O)O)ccc3Cl)cc1F)CN2C. The summed E-state index contributed by atoms with van der Waals surface area (Å²) in [6.07, 6.45) is -0.347. The van der Waals surface area contributed by atoms with Gasteiger partial charge in [-0.15, -0.1) is 0 Å². The smallest absolute Gasteiger partial charge is 0.313 e. The van der Waals surface area contributed by atoms with Crippen molar-refractivity contribution in [1.29, 1.82) is 0 Å². The predicted octanol–water partition coefficient (Wildman–Crippen LogP) is 6.33. The van der Waals surface area contributed by atoms with E-state index in [1.54, 1.807) is 6.07 Å². The number of nitrogens with zero attached hydrogens (tertiary/aromatic N) is 1. The van der Waals surface area contributed by atoms with E-state index in [0.717, 1.165) is 23.1 Å². The zero-order valence-electron chi connectivity index (χ0n) is 21.3. The van der Waals surface area contributed by atoms with Gasteiger partial charge in [-0.2, -0.15) is 0 Å². The molecule has 7 nitrogen and oxygen atoms in total. The molecule has 1 atom stereocenters. The Labute approximate surface area is 230 Å². The standard InChI is InChI=1S/C28H27Cl2FN2O5/c1-15-5-8-23-25(9-15)38-17(13-33(23)4)14-37-24-12-20(30)18(11-21(24)31)26(34)32-22-10-16(6-7-19(22)29)28(2,3)27(35)36/h5-12,17H,13-14H2,1-4H3,(H,32,34)(H,35,36)/t17-/m0/s1. The minimum absolute atomic E-state index is 0.0281. The molecule has 1 amide bonds. The van der Waals surface area contributed by atoms with Gasteiger partial charge in [0.1, 0.15) is 18.5 Å². The number of fused-ring (bicyclic) bond motifs is 1. The Bertz CT molecular complexity index is 1410. The van der Waals surface area contributed by atoms with Crippen LogP contribution in [0, 0.1) is 12.7 Å². The number of halogens is 3. The van der Waals surface area contributed by atoms with Crippen LogP contribution in [0.5, 0.6) is 11.5 Å². The normalized spacial score (nSPS) is 14.9. The number of benzene rings is 3. The van der Waals surface area contributed by atoms with Gasteiger partial charge in [-0.25, -0.2) is 4.39 Å². The highest BCUT2D eigenvalue weighted by Gasteiger charge is 2.30. The molecule has 0 fully saturated rings. The first kappa shape index (κ1) is 27.5. The van der Waals surface area contributed by atoms with E-state index in [-0.39, 0.29) is 39.8 Å². The molecule has 3 aromatic carbocycles. The number of rotatable bonds is 7. The highest BCUT2D eigenvalue weighted by Crippen LogP contribution is 2.35. The van der Waals surface area contributed by atoms with Gasteiger partial charge in [-0.05, 0) is 62.2 Å². The van der Waals surface area contributed by atoms with Crippen LogP contribution in [-0.4, -0.2) is 43.3 Å². The molecule has 2 N–H and O–H groups in total. The lowest BCUT2D eigenvalue weighted by Crippen LogP contribution is -2.41. The summed E-state index contributed by atoms with van der Waals surface area (Å²) in [5.41, 5.74) is 1.28. The Morgan fingerprint density at radius 1 is 1.16 bits per heavy atom. The van der Waals surface area contributed by atoms with Crippen molar-refractivity contribution in [3.63, 3.8) is 0 Å². The summed E-state index contributed by atoms with van der Waals surface area (Å²) in [6.45, 7) is 5.65. The number of carboxylic acids is 1. The molecule has 1 aliphatic rings. The number of nitrogens with one attached hydrogen (secondary N) is 1. The molecule has 1 aliphatic heterocycles. The molecule has 200 valence electrons. The summed E-state index contributed by atoms with van der Waals surface area (Å²) >= 11 is 12.5. The summed E-state index contributed by atoms with van der Waals surface area (Å²) in [5, 5.41) is 12.2. The van der Waals surface area contributed by atoms with Crippen LogP contribution in [0.25, 0.3) is 0 Å². The number of anilines is 2. The maximum atomic E-state index is 14.9. The van der Waals surface area contributed by atoms with Crippen molar-refractivity contribution in [3.8, 4) is 11.5 Å². The van der Waals surface area contributed by atoms with Crippen molar-refractivity contribution >= 4 is 46.5 Å². The van der Waals surface area contributed by atoms with Gasteiger partial charge in [0.05, 0.1) is 38.9 Å². The second-order valence-electron chi connectivity index (χ2n) is 9.74. The van der Waals surface area contributed by atoms with Gasteiger partial charge in [0.2, 0.25) is 0 Å². The molecule has 4 rings (SSSR count). The van der Waals surface area contributed by atoms with Crippen molar-refractivity contribution in [3.05, 3.63) is 81.1 Å². The number of ether oxygens (including phenoxy) is 2. The van der Waals surface area contributed by atoms with Gasteiger partial charge in [0.15, 0.2) is 11.6 Å². The van der Waals surface area contributed by atoms with E-state index in [1.165, 1.54) is 32.0 Å². The highest BCUT2D eigenvalue weighted by molar-refractivity contribution is 6.36. The third-order valence-corrected chi connectivity index (χ3v) is 7.10. The Balaban J connectivity index is 1.47. The van der Waals surface area contributed by atoms with Crippen LogP contribution in [0.4, 0.5) is 15.8 Å². The first-order valence-electron chi connectivity index (χ1n) is 11.8. The number of hydrogen-bond donors (Lipinski definition) is 2. The number of hydrogen-bond acceptors (Lipinski definition) is 5. The molecule has 0 unspecified atom stereocenters. The third-order valence-electron chi connectivity index (χ3n) is 6.46. The topological polar surface area (TPSA) is 88.1 Å². The van der Waals surface area contributed by atoms with E-state index in [4.69, 9.17) is 32.7 Å². The molecule has 0 radical (unpaired) electrons. The Morgan fingerprint density at radius 3 is 2.61 bits per heavy atom. The van der Waals surface area contributed by atoms with Crippen molar-refractivity contribution in [2.24, 2.45) is 0 Å². The first-order chi connectivity index (χ1) is 17.9. The van der Waals surface area contributed by atoms with Crippen molar-refractivity contribution in [2.45, 2.75) is 32.3 Å². The second kappa shape index (κ2) is 10.7.